The molecule has 0 aromatic rings. The third-order valence-electron chi connectivity index (χ3n) is 4.93. The molecule has 1 atom stereocenters. The molecule has 2 heteroatoms. The van der Waals surface area contributed by atoms with E-state index in [1.807, 2.05) is 0 Å². The van der Waals surface area contributed by atoms with Gasteiger partial charge in [-0.1, -0.05) is 26.2 Å². The first kappa shape index (κ1) is 13.4. The largest absolute Gasteiger partial charge is 0.329 e. The van der Waals surface area contributed by atoms with Crippen molar-refractivity contribution in [2.45, 2.75) is 76.8 Å². The monoisotopic (exact) mass is 238 g/mol. The zero-order valence-corrected chi connectivity index (χ0v) is 11.5. The summed E-state index contributed by atoms with van der Waals surface area (Å²) < 4.78 is 0. The molecule has 1 saturated carbocycles. The smallest absolute Gasteiger partial charge is 0.0221 e. The Balaban J connectivity index is 1.82. The van der Waals surface area contributed by atoms with Gasteiger partial charge in [-0.2, -0.15) is 0 Å². The second kappa shape index (κ2) is 6.75. The number of hydrogen-bond acceptors (Lipinski definition) is 2. The summed E-state index contributed by atoms with van der Waals surface area (Å²) in [5.74, 6) is 1.03. The van der Waals surface area contributed by atoms with E-state index < -0.39 is 0 Å². The third-order valence-corrected chi connectivity index (χ3v) is 4.93. The molecule has 1 heterocycles. The number of likely N-dealkylation sites (tertiary alicyclic amines) is 1. The molecule has 0 bridgehead atoms. The first-order chi connectivity index (χ1) is 8.35. The molecule has 1 saturated heterocycles. The molecule has 1 aliphatic heterocycles. The molecule has 100 valence electrons. The zero-order chi connectivity index (χ0) is 12.1. The number of rotatable bonds is 4. The van der Waals surface area contributed by atoms with E-state index in [0.29, 0.717) is 6.04 Å². The second-order valence-corrected chi connectivity index (χ2v) is 6.09. The summed E-state index contributed by atoms with van der Waals surface area (Å²) in [7, 11) is 0. The van der Waals surface area contributed by atoms with E-state index in [9.17, 15) is 0 Å². The highest BCUT2D eigenvalue weighted by molar-refractivity contribution is 4.86. The van der Waals surface area contributed by atoms with Crippen LogP contribution in [0.5, 0.6) is 0 Å². The second-order valence-electron chi connectivity index (χ2n) is 6.09. The molecule has 2 nitrogen and oxygen atoms in total. The molecule has 17 heavy (non-hydrogen) atoms. The fraction of sp³-hybridized carbons (Fsp3) is 1.00. The lowest BCUT2D eigenvalue weighted by Crippen LogP contribution is -2.50. The van der Waals surface area contributed by atoms with Gasteiger partial charge >= 0.3 is 0 Å². The maximum absolute atomic E-state index is 5.93. The van der Waals surface area contributed by atoms with Crippen LogP contribution in [-0.2, 0) is 0 Å². The Kier molecular flexibility index (Phi) is 5.30. The summed E-state index contributed by atoms with van der Waals surface area (Å²) in [6.45, 7) is 4.50. The van der Waals surface area contributed by atoms with Gasteiger partial charge < -0.3 is 5.73 Å². The molecular weight excluding hydrogens is 208 g/mol. The SMILES string of the molecule is CCCC1CCC(N2CCCCC2CN)CC1. The molecule has 2 fully saturated rings. The van der Waals surface area contributed by atoms with Gasteiger partial charge in [0.2, 0.25) is 0 Å². The molecule has 0 aromatic carbocycles. The summed E-state index contributed by atoms with van der Waals surface area (Å²) >= 11 is 0. The fourth-order valence-corrected chi connectivity index (χ4v) is 3.93. The van der Waals surface area contributed by atoms with Crippen molar-refractivity contribution in [1.82, 2.24) is 4.90 Å². The third kappa shape index (κ3) is 3.45. The Labute approximate surface area is 107 Å². The maximum atomic E-state index is 5.93. The van der Waals surface area contributed by atoms with Gasteiger partial charge in [0.25, 0.3) is 0 Å². The fourth-order valence-electron chi connectivity index (χ4n) is 3.93. The highest BCUT2D eigenvalue weighted by atomic mass is 15.2. The molecule has 0 radical (unpaired) electrons. The van der Waals surface area contributed by atoms with Gasteiger partial charge in [0.15, 0.2) is 0 Å². The highest BCUT2D eigenvalue weighted by Gasteiger charge is 2.30. The van der Waals surface area contributed by atoms with E-state index in [4.69, 9.17) is 5.73 Å². The Morgan fingerprint density at radius 2 is 1.82 bits per heavy atom. The van der Waals surface area contributed by atoms with Gasteiger partial charge in [-0.3, -0.25) is 4.90 Å². The van der Waals surface area contributed by atoms with Gasteiger partial charge in [-0.25, -0.2) is 0 Å². The van der Waals surface area contributed by atoms with Crippen molar-refractivity contribution >= 4 is 0 Å². The van der Waals surface area contributed by atoms with Gasteiger partial charge in [0.1, 0.15) is 0 Å². The van der Waals surface area contributed by atoms with Crippen LogP contribution in [0.2, 0.25) is 0 Å². The first-order valence-corrected chi connectivity index (χ1v) is 7.81. The normalized spacial score (nSPS) is 36.0. The molecule has 0 aromatic heterocycles. The van der Waals surface area contributed by atoms with Crippen molar-refractivity contribution in [3.8, 4) is 0 Å². The predicted octanol–water partition coefficient (Wildman–Crippen LogP) is 3.16. The molecule has 1 unspecified atom stereocenters. The number of nitrogens with two attached hydrogens (primary N) is 1. The number of hydrogen-bond donors (Lipinski definition) is 1. The maximum Gasteiger partial charge on any atom is 0.0221 e. The molecule has 1 aliphatic carbocycles. The van der Waals surface area contributed by atoms with Crippen LogP contribution in [0.3, 0.4) is 0 Å². The van der Waals surface area contributed by atoms with Crippen LogP contribution in [0.15, 0.2) is 0 Å². The molecule has 0 spiro atoms. The molecule has 2 rings (SSSR count). The molecule has 0 amide bonds. The van der Waals surface area contributed by atoms with Crippen LogP contribution in [-0.4, -0.2) is 30.1 Å². The van der Waals surface area contributed by atoms with Crippen molar-refractivity contribution in [2.24, 2.45) is 11.7 Å². The average molecular weight is 238 g/mol. The lowest BCUT2D eigenvalue weighted by Gasteiger charge is -2.43. The van der Waals surface area contributed by atoms with E-state index in [1.54, 1.807) is 0 Å². The highest BCUT2D eigenvalue weighted by Crippen LogP contribution is 2.33. The topological polar surface area (TPSA) is 29.3 Å². The van der Waals surface area contributed by atoms with Gasteiger partial charge in [0.05, 0.1) is 0 Å². The summed E-state index contributed by atoms with van der Waals surface area (Å²) in [6.07, 6.45) is 12.7. The summed E-state index contributed by atoms with van der Waals surface area (Å²) in [4.78, 5) is 2.76. The van der Waals surface area contributed by atoms with Crippen LogP contribution in [0.4, 0.5) is 0 Å². The number of nitrogens with zero attached hydrogens (tertiary/aromatic N) is 1. The van der Waals surface area contributed by atoms with Gasteiger partial charge in [-0.05, 0) is 51.0 Å². The van der Waals surface area contributed by atoms with Crippen molar-refractivity contribution < 1.29 is 0 Å². The van der Waals surface area contributed by atoms with E-state index in [-0.39, 0.29) is 0 Å². The average Bonchev–Trinajstić information content (AvgIpc) is 2.40. The first-order valence-electron chi connectivity index (χ1n) is 7.81. The lowest BCUT2D eigenvalue weighted by molar-refractivity contribution is 0.0654. The van der Waals surface area contributed by atoms with Crippen LogP contribution in [0, 0.1) is 5.92 Å². The van der Waals surface area contributed by atoms with Crippen LogP contribution in [0.1, 0.15) is 64.7 Å². The van der Waals surface area contributed by atoms with E-state index >= 15 is 0 Å². The zero-order valence-electron chi connectivity index (χ0n) is 11.5. The Morgan fingerprint density at radius 3 is 2.47 bits per heavy atom. The van der Waals surface area contributed by atoms with Crippen LogP contribution in [0.25, 0.3) is 0 Å². The summed E-state index contributed by atoms with van der Waals surface area (Å²) in [5, 5.41) is 0. The van der Waals surface area contributed by atoms with E-state index in [0.717, 1.165) is 18.5 Å². The van der Waals surface area contributed by atoms with Crippen molar-refractivity contribution in [2.75, 3.05) is 13.1 Å². The molecule has 2 aliphatic rings. The number of piperidine rings is 1. The van der Waals surface area contributed by atoms with Crippen LogP contribution < -0.4 is 5.73 Å². The minimum Gasteiger partial charge on any atom is -0.329 e. The van der Waals surface area contributed by atoms with Gasteiger partial charge in [0, 0.05) is 18.6 Å². The lowest BCUT2D eigenvalue weighted by atomic mass is 9.82. The summed E-state index contributed by atoms with van der Waals surface area (Å²) in [6, 6.07) is 1.55. The standard InChI is InChI=1S/C15H30N2/c1-2-5-13-7-9-14(10-8-13)17-11-4-3-6-15(17)12-16/h13-15H,2-12,16H2,1H3. The minimum absolute atomic E-state index is 0.691. The van der Waals surface area contributed by atoms with Crippen LogP contribution >= 0.6 is 0 Å². The minimum atomic E-state index is 0.691. The Hall–Kier alpha value is -0.0800. The summed E-state index contributed by atoms with van der Waals surface area (Å²) in [5.41, 5.74) is 5.93. The van der Waals surface area contributed by atoms with Crippen molar-refractivity contribution in [3.63, 3.8) is 0 Å². The predicted molar refractivity (Wildman–Crippen MR) is 74.1 cm³/mol. The van der Waals surface area contributed by atoms with Crippen molar-refractivity contribution in [3.05, 3.63) is 0 Å². The van der Waals surface area contributed by atoms with E-state index in [1.165, 1.54) is 64.3 Å². The molecule has 2 N–H and O–H groups in total. The quantitative estimate of drug-likeness (QED) is 0.815. The van der Waals surface area contributed by atoms with E-state index in [2.05, 4.69) is 11.8 Å². The Bertz CT molecular complexity index is 209. The Morgan fingerprint density at radius 1 is 1.06 bits per heavy atom. The van der Waals surface area contributed by atoms with Gasteiger partial charge in [-0.15, -0.1) is 0 Å². The molecular formula is C15H30N2. The van der Waals surface area contributed by atoms with Crippen molar-refractivity contribution in [1.29, 1.82) is 0 Å².